The van der Waals surface area contributed by atoms with Crippen molar-refractivity contribution >= 4 is 50.4 Å². The Bertz CT molecular complexity index is 3150. The molecule has 1 saturated carbocycles. The van der Waals surface area contributed by atoms with E-state index < -0.39 is 81.2 Å². The number of cyclic esters (lactones) is 1. The van der Waals surface area contributed by atoms with E-state index in [0.717, 1.165) is 82.3 Å². The Hall–Kier alpha value is -5.97. The van der Waals surface area contributed by atoms with Crippen molar-refractivity contribution in [3.8, 4) is 22.5 Å². The van der Waals surface area contributed by atoms with Gasteiger partial charge in [0.25, 0.3) is 5.91 Å². The number of benzene rings is 1. The lowest BCUT2D eigenvalue weighted by Gasteiger charge is -2.50. The number of urea groups is 1. The summed E-state index contributed by atoms with van der Waals surface area (Å²) >= 11 is 0. The molecule has 4 amide bonds. The van der Waals surface area contributed by atoms with E-state index in [2.05, 4.69) is 76.7 Å². The number of carbonyl (C=O) groups excluding carboxylic acids is 4. The van der Waals surface area contributed by atoms with Crippen molar-refractivity contribution in [2.45, 2.75) is 128 Å². The van der Waals surface area contributed by atoms with E-state index in [1.54, 1.807) is 7.11 Å². The molecule has 2 N–H and O–H groups in total. The van der Waals surface area contributed by atoms with Crippen LogP contribution in [0.5, 0.6) is 0 Å². The van der Waals surface area contributed by atoms with Crippen LogP contribution in [0.15, 0.2) is 60.6 Å². The quantitative estimate of drug-likeness (QED) is 0.195. The Labute approximate surface area is 457 Å². The molecule has 0 radical (unpaired) electrons. The van der Waals surface area contributed by atoms with E-state index in [9.17, 15) is 27.6 Å². The van der Waals surface area contributed by atoms with Gasteiger partial charge < -0.3 is 33.9 Å². The second kappa shape index (κ2) is 20.6. The van der Waals surface area contributed by atoms with Crippen molar-refractivity contribution in [3.63, 3.8) is 0 Å². The summed E-state index contributed by atoms with van der Waals surface area (Å²) in [5.41, 5.74) is 9.50. The fourth-order valence-electron chi connectivity index (χ4n) is 13.3. The molecule has 5 aliphatic heterocycles. The van der Waals surface area contributed by atoms with Crippen molar-refractivity contribution < 1.29 is 41.8 Å². The first kappa shape index (κ1) is 54.0. The molecule has 1 spiro atoms. The number of hydrogen-bond acceptors (Lipinski definition) is 14. The highest BCUT2D eigenvalue weighted by Crippen LogP contribution is 2.57. The summed E-state index contributed by atoms with van der Waals surface area (Å²) in [6.07, 6.45) is 4.59. The Morgan fingerprint density at radius 3 is 2.50 bits per heavy atom. The lowest BCUT2D eigenvalue weighted by Crippen LogP contribution is -2.72. The summed E-state index contributed by atoms with van der Waals surface area (Å²) in [6.45, 7) is 20.2. The van der Waals surface area contributed by atoms with Gasteiger partial charge in [0.05, 0.1) is 61.3 Å². The number of likely N-dealkylation sites (N-methyl/N-ethyl adjacent to an activating group) is 1. The molecule has 418 valence electrons. The highest BCUT2D eigenvalue weighted by atomic mass is 32.2. The first-order valence-electron chi connectivity index (χ1n) is 27.8. The first-order valence-corrected chi connectivity index (χ1v) is 29.3. The zero-order chi connectivity index (χ0) is 55.2. The number of aromatic nitrogens is 3. The molecule has 2 aliphatic carbocycles. The number of nitrogens with one attached hydrogen (secondary N) is 2. The number of aryl methyl sites for hydroxylation is 1. The van der Waals surface area contributed by atoms with Crippen molar-refractivity contribution in [1.82, 2.24) is 49.3 Å². The largest absolute Gasteiger partial charge is 0.464 e. The Kier molecular flexibility index (Phi) is 14.3. The molecule has 1 unspecified atom stereocenters. The molecule has 11 rings (SSSR count). The van der Waals surface area contributed by atoms with Gasteiger partial charge in [-0.25, -0.2) is 18.6 Å². The van der Waals surface area contributed by atoms with Crippen LogP contribution in [0.4, 0.5) is 10.5 Å². The number of piperazine rings is 1. The summed E-state index contributed by atoms with van der Waals surface area (Å²) in [5.74, 6) is -2.29. The van der Waals surface area contributed by atoms with Crippen molar-refractivity contribution in [3.05, 3.63) is 77.6 Å². The number of ether oxygens (including phenoxy) is 3. The average molecular weight is 1090 g/mol. The first-order chi connectivity index (χ1) is 37.3. The number of sulfonamides is 1. The number of esters is 1. The third-order valence-corrected chi connectivity index (χ3v) is 18.8. The third-order valence-electron chi connectivity index (χ3n) is 17.4. The smallest absolute Gasteiger partial charge is 0.324 e. The van der Waals surface area contributed by atoms with Crippen LogP contribution in [-0.2, 0) is 51.6 Å². The van der Waals surface area contributed by atoms with Crippen LogP contribution in [0, 0.1) is 11.3 Å². The van der Waals surface area contributed by atoms with Crippen LogP contribution >= 0.6 is 0 Å². The molecule has 4 aromatic rings. The highest BCUT2D eigenvalue weighted by molar-refractivity contribution is 7.92. The lowest BCUT2D eigenvalue weighted by atomic mass is 9.67. The monoisotopic (exact) mass is 1090 g/mol. The maximum atomic E-state index is 15.0. The second-order valence-electron chi connectivity index (χ2n) is 23.5. The minimum Gasteiger partial charge on any atom is -0.464 e. The molecule has 78 heavy (non-hydrogen) atoms. The number of methoxy groups -OCH3 is 1. The Morgan fingerprint density at radius 2 is 1.81 bits per heavy atom. The predicted molar refractivity (Wildman–Crippen MR) is 294 cm³/mol. The minimum atomic E-state index is -3.75. The maximum absolute atomic E-state index is 15.0. The van der Waals surface area contributed by atoms with Crippen LogP contribution in [0.1, 0.15) is 96.2 Å². The van der Waals surface area contributed by atoms with Crippen LogP contribution in [0.3, 0.4) is 0 Å². The molecule has 21 heteroatoms. The van der Waals surface area contributed by atoms with Crippen molar-refractivity contribution in [1.29, 1.82) is 0 Å². The summed E-state index contributed by atoms with van der Waals surface area (Å²) in [4.78, 5) is 77.1. The van der Waals surface area contributed by atoms with Gasteiger partial charge in [-0.05, 0) is 81.3 Å². The molecular formula is C57H75N11O9S. The number of nitrogens with zero attached hydrogens (tertiary/aromatic N) is 9. The molecule has 8 heterocycles. The Balaban J connectivity index is 0.953. The molecule has 1 aromatic carbocycles. The fraction of sp³-hybridized carbons (Fsp3) is 0.579. The minimum absolute atomic E-state index is 0.0141. The van der Waals surface area contributed by atoms with Crippen LogP contribution in [0.2, 0.25) is 0 Å². The zero-order valence-electron chi connectivity index (χ0n) is 46.2. The van der Waals surface area contributed by atoms with E-state index in [-0.39, 0.29) is 45.1 Å². The number of amides is 4. The molecule has 20 nitrogen and oxygen atoms in total. The van der Waals surface area contributed by atoms with Crippen LogP contribution in [-0.4, -0.2) is 180 Å². The number of anilines is 1. The summed E-state index contributed by atoms with van der Waals surface area (Å²) in [6, 6.07) is 11.5. The standard InChI is InChI=1S/C57H75N11O9S/c1-10-66-45-20-17-36-26-40(45)46-47(51(75-9)48-41(50(46)66)28-39(29-58-48)64-24-22-63(23-25-64)38-18-19-38)56(6,7)33-76-54(71)43-16-13-21-68(61-43)53(70)44(27-37-14-12-15-42(36)59-37)60-52(69)49(34(3)4)62(8)55(72)67-30-35(5)77-57(67)31-65(32-57)78(73,74)11-2/h11-12,14-15,17,20,26,28-29,34-35,38,43-44,47,49,51,61H,2,10,13,16,18-19,21-25,27,30-33H2,1,3-9H3,(H,60,69)/t35-,43-,44-,47?,49-,51-/m0/s1. The fourth-order valence-corrected chi connectivity index (χ4v) is 14.2. The van der Waals surface area contributed by atoms with E-state index in [1.807, 2.05) is 45.2 Å². The van der Waals surface area contributed by atoms with Gasteiger partial charge in [-0.1, -0.05) is 46.4 Å². The van der Waals surface area contributed by atoms with Gasteiger partial charge in [-0.15, -0.1) is 0 Å². The molecule has 5 fully saturated rings. The van der Waals surface area contributed by atoms with E-state index in [4.69, 9.17) is 24.2 Å². The van der Waals surface area contributed by atoms with Gasteiger partial charge in [0.15, 0.2) is 5.72 Å². The van der Waals surface area contributed by atoms with Gasteiger partial charge >= 0.3 is 12.0 Å². The number of carbonyl (C=O) groups is 4. The predicted octanol–water partition coefficient (Wildman–Crippen LogP) is 5.24. The summed E-state index contributed by atoms with van der Waals surface area (Å²) < 4.78 is 48.0. The third kappa shape index (κ3) is 9.54. The van der Waals surface area contributed by atoms with Gasteiger partial charge in [0, 0.05) is 110 Å². The van der Waals surface area contributed by atoms with Gasteiger partial charge in [-0.2, -0.15) is 4.31 Å². The average Bonchev–Trinajstić information content (AvgIpc) is 4.28. The highest BCUT2D eigenvalue weighted by Gasteiger charge is 2.59. The topological polar surface area (TPSA) is 204 Å². The molecule has 4 saturated heterocycles. The number of fused-ring (bicyclic) bond motifs is 8. The van der Waals surface area contributed by atoms with Gasteiger partial charge in [-0.3, -0.25) is 39.2 Å². The number of rotatable bonds is 10. The number of pyridine rings is 2. The van der Waals surface area contributed by atoms with E-state index in [1.165, 1.54) is 39.0 Å². The maximum Gasteiger partial charge on any atom is 0.324 e. The number of hydrogen-bond donors (Lipinski definition) is 2. The van der Waals surface area contributed by atoms with Crippen molar-refractivity contribution in [2.75, 3.05) is 78.0 Å². The number of hydrazine groups is 1. The van der Waals surface area contributed by atoms with Gasteiger partial charge in [0.2, 0.25) is 15.9 Å². The van der Waals surface area contributed by atoms with Crippen molar-refractivity contribution in [2.24, 2.45) is 11.3 Å². The zero-order valence-corrected chi connectivity index (χ0v) is 47.1. The van der Waals surface area contributed by atoms with E-state index in [0.29, 0.717) is 30.8 Å². The van der Waals surface area contributed by atoms with Gasteiger partial charge in [0.1, 0.15) is 24.2 Å². The lowest BCUT2D eigenvalue weighted by molar-refractivity contribution is -0.156. The summed E-state index contributed by atoms with van der Waals surface area (Å²) in [5, 5.41) is 6.33. The SMILES string of the molecule is C=CS(=O)(=O)N1CC2(C1)O[C@@H](C)CN2C(=O)N(C)[C@H](C(=O)N[C@H]1Cc2cccc(n2)-c2ccc3c(c2)c2c(n3CC)-c3cc(N4CCN(C5CC5)CC4)cnc3[C@@H](OC)C2C(C)(C)COC(=O)[C@@H]2CCCN(N2)C1=O)C(C)C. The molecule has 7 aliphatic rings. The molecule has 6 bridgehead atoms. The molecular weight excluding hydrogens is 1010 g/mol. The molecule has 6 atom stereocenters. The van der Waals surface area contributed by atoms with Crippen LogP contribution < -0.4 is 15.6 Å². The second-order valence-corrected chi connectivity index (χ2v) is 25.4. The van der Waals surface area contributed by atoms with Crippen LogP contribution in [0.25, 0.3) is 33.4 Å². The normalized spacial score (nSPS) is 25.8. The summed E-state index contributed by atoms with van der Waals surface area (Å²) in [7, 11) is -0.488. The Morgan fingerprint density at radius 1 is 1.05 bits per heavy atom. The van der Waals surface area contributed by atoms with E-state index >= 15 is 0 Å². The molecule has 3 aromatic heterocycles.